The molecule has 1 aromatic heterocycles. The van der Waals surface area contributed by atoms with Crippen molar-refractivity contribution in [3.8, 4) is 0 Å². The Hall–Kier alpha value is -2.28. The number of rotatable bonds is 5. The summed E-state index contributed by atoms with van der Waals surface area (Å²) in [6.07, 6.45) is 5.45. The van der Waals surface area contributed by atoms with Crippen molar-refractivity contribution in [3.63, 3.8) is 0 Å². The fraction of sp³-hybridized carbons (Fsp3) is 0.294. The van der Waals surface area contributed by atoms with Gasteiger partial charge in [-0.05, 0) is 30.5 Å². The largest absolute Gasteiger partial charge is 0.476 e. The van der Waals surface area contributed by atoms with E-state index >= 15 is 0 Å². The highest BCUT2D eigenvalue weighted by molar-refractivity contribution is 9.10. The molecule has 6 nitrogen and oxygen atoms in total. The number of carbonyl (C=O) groups excluding carboxylic acids is 1. The number of aromatic nitrogens is 2. The van der Waals surface area contributed by atoms with Crippen molar-refractivity contribution >= 4 is 27.8 Å². The van der Waals surface area contributed by atoms with Crippen LogP contribution in [0.25, 0.3) is 0 Å². The zero-order valence-corrected chi connectivity index (χ0v) is 14.4. The smallest absolute Gasteiger partial charge is 0.356 e. The van der Waals surface area contributed by atoms with Gasteiger partial charge in [-0.3, -0.25) is 4.79 Å². The number of benzene rings is 1. The normalized spacial score (nSPS) is 15.4. The molecular formula is C17H16BrN3O3. The van der Waals surface area contributed by atoms with Crippen molar-refractivity contribution in [2.45, 2.75) is 24.7 Å². The van der Waals surface area contributed by atoms with E-state index in [0.717, 1.165) is 29.9 Å². The van der Waals surface area contributed by atoms with Crippen LogP contribution in [0.5, 0.6) is 0 Å². The third-order valence-corrected chi connectivity index (χ3v) is 4.93. The monoisotopic (exact) mass is 389 g/mol. The van der Waals surface area contributed by atoms with E-state index in [0.29, 0.717) is 6.54 Å². The van der Waals surface area contributed by atoms with Crippen molar-refractivity contribution in [3.05, 3.63) is 58.1 Å². The lowest BCUT2D eigenvalue weighted by Gasteiger charge is -2.42. The molecule has 7 heteroatoms. The summed E-state index contributed by atoms with van der Waals surface area (Å²) in [5, 5.41) is 11.7. The minimum atomic E-state index is -1.17. The fourth-order valence-corrected chi connectivity index (χ4v) is 3.28. The first-order valence-electron chi connectivity index (χ1n) is 7.60. The van der Waals surface area contributed by atoms with Gasteiger partial charge in [0.2, 0.25) is 0 Å². The predicted octanol–water partition coefficient (Wildman–Crippen LogP) is 2.79. The molecule has 0 saturated heterocycles. The molecule has 1 heterocycles. The first-order valence-corrected chi connectivity index (χ1v) is 8.39. The third-order valence-electron chi connectivity index (χ3n) is 4.44. The van der Waals surface area contributed by atoms with Crippen LogP contribution in [0, 0.1) is 0 Å². The SMILES string of the molecule is O=C(O)c1cnc(C(=O)NCC2(c3cccc(Br)c3)CCC2)cn1. The number of carbonyl (C=O) groups is 2. The van der Waals surface area contributed by atoms with Crippen molar-refractivity contribution in [1.82, 2.24) is 15.3 Å². The molecule has 124 valence electrons. The van der Waals surface area contributed by atoms with Crippen LogP contribution in [0.2, 0.25) is 0 Å². The second kappa shape index (κ2) is 6.68. The third kappa shape index (κ3) is 3.31. The van der Waals surface area contributed by atoms with Crippen molar-refractivity contribution in [2.24, 2.45) is 0 Å². The van der Waals surface area contributed by atoms with Crippen molar-refractivity contribution in [2.75, 3.05) is 6.54 Å². The Bertz CT molecular complexity index is 773. The van der Waals surface area contributed by atoms with Crippen LogP contribution in [0.4, 0.5) is 0 Å². The fourth-order valence-electron chi connectivity index (χ4n) is 2.89. The maximum Gasteiger partial charge on any atom is 0.356 e. The molecule has 1 aliphatic carbocycles. The minimum Gasteiger partial charge on any atom is -0.476 e. The second-order valence-electron chi connectivity index (χ2n) is 5.92. The lowest BCUT2D eigenvalue weighted by Crippen LogP contribution is -2.45. The quantitative estimate of drug-likeness (QED) is 0.819. The van der Waals surface area contributed by atoms with E-state index in [9.17, 15) is 9.59 Å². The molecule has 2 aromatic rings. The number of hydrogen-bond donors (Lipinski definition) is 2. The summed E-state index contributed by atoms with van der Waals surface area (Å²) in [5.74, 6) is -1.52. The van der Waals surface area contributed by atoms with E-state index < -0.39 is 5.97 Å². The highest BCUT2D eigenvalue weighted by atomic mass is 79.9. The van der Waals surface area contributed by atoms with Crippen LogP contribution < -0.4 is 5.32 Å². The van der Waals surface area contributed by atoms with E-state index in [1.807, 2.05) is 12.1 Å². The minimum absolute atomic E-state index is 0.0477. The number of amides is 1. The number of aromatic carboxylic acids is 1. The van der Waals surface area contributed by atoms with Gasteiger partial charge in [0.25, 0.3) is 5.91 Å². The highest BCUT2D eigenvalue weighted by Gasteiger charge is 2.39. The summed E-state index contributed by atoms with van der Waals surface area (Å²) >= 11 is 3.49. The molecule has 0 radical (unpaired) electrons. The van der Waals surface area contributed by atoms with Gasteiger partial charge in [0.15, 0.2) is 5.69 Å². The number of nitrogens with one attached hydrogen (secondary N) is 1. The zero-order valence-electron chi connectivity index (χ0n) is 12.8. The van der Waals surface area contributed by atoms with E-state index in [1.165, 1.54) is 11.8 Å². The molecule has 1 fully saturated rings. The first-order chi connectivity index (χ1) is 11.5. The maximum atomic E-state index is 12.2. The Morgan fingerprint density at radius 2 is 1.92 bits per heavy atom. The van der Waals surface area contributed by atoms with Gasteiger partial charge < -0.3 is 10.4 Å². The van der Waals surface area contributed by atoms with Crippen LogP contribution >= 0.6 is 15.9 Å². The Balaban J connectivity index is 1.69. The Morgan fingerprint density at radius 1 is 1.21 bits per heavy atom. The molecule has 0 aliphatic heterocycles. The van der Waals surface area contributed by atoms with Crippen molar-refractivity contribution in [1.29, 1.82) is 0 Å². The van der Waals surface area contributed by atoms with E-state index in [-0.39, 0.29) is 22.7 Å². The average molecular weight is 390 g/mol. The zero-order chi connectivity index (χ0) is 17.2. The molecule has 1 saturated carbocycles. The lowest BCUT2D eigenvalue weighted by molar-refractivity contribution is 0.0689. The number of carboxylic acids is 1. The summed E-state index contributed by atoms with van der Waals surface area (Å²) < 4.78 is 1.02. The van der Waals surface area contributed by atoms with Crippen LogP contribution in [0.1, 0.15) is 45.8 Å². The summed E-state index contributed by atoms with van der Waals surface area (Å²) in [6, 6.07) is 8.15. The summed E-state index contributed by atoms with van der Waals surface area (Å²) in [6.45, 7) is 0.519. The number of halogens is 1. The lowest BCUT2D eigenvalue weighted by atomic mass is 9.64. The van der Waals surface area contributed by atoms with Crippen LogP contribution in [0.15, 0.2) is 41.1 Å². The molecule has 2 N–H and O–H groups in total. The van der Waals surface area contributed by atoms with Crippen LogP contribution in [-0.2, 0) is 5.41 Å². The molecule has 1 aromatic carbocycles. The Kier molecular flexibility index (Phi) is 4.62. The average Bonchev–Trinajstić information content (AvgIpc) is 2.54. The van der Waals surface area contributed by atoms with Gasteiger partial charge in [-0.15, -0.1) is 0 Å². The Morgan fingerprint density at radius 3 is 2.46 bits per heavy atom. The molecular weight excluding hydrogens is 374 g/mol. The molecule has 0 bridgehead atoms. The molecule has 1 amide bonds. The topological polar surface area (TPSA) is 92.2 Å². The molecule has 24 heavy (non-hydrogen) atoms. The van der Waals surface area contributed by atoms with E-state index in [2.05, 4.69) is 43.3 Å². The molecule has 0 spiro atoms. The number of carboxylic acid groups (broad SMARTS) is 1. The predicted molar refractivity (Wildman–Crippen MR) is 91.0 cm³/mol. The van der Waals surface area contributed by atoms with Gasteiger partial charge in [0.05, 0.1) is 12.4 Å². The standard InChI is InChI=1S/C17H16BrN3O3/c18-12-4-1-3-11(7-12)17(5-2-6-17)10-21-15(22)13-8-20-14(9-19-13)16(23)24/h1,3-4,7-9H,2,5-6,10H2,(H,21,22)(H,23,24). The van der Waals surface area contributed by atoms with Gasteiger partial charge in [-0.25, -0.2) is 14.8 Å². The highest BCUT2D eigenvalue weighted by Crippen LogP contribution is 2.43. The van der Waals surface area contributed by atoms with Crippen molar-refractivity contribution < 1.29 is 14.7 Å². The van der Waals surface area contributed by atoms with Gasteiger partial charge in [-0.2, -0.15) is 0 Å². The van der Waals surface area contributed by atoms with Gasteiger partial charge in [0, 0.05) is 16.4 Å². The van der Waals surface area contributed by atoms with E-state index in [1.54, 1.807) is 0 Å². The summed E-state index contributed by atoms with van der Waals surface area (Å²) in [4.78, 5) is 30.6. The Labute approximate surface area is 147 Å². The molecule has 0 atom stereocenters. The summed E-state index contributed by atoms with van der Waals surface area (Å²) in [7, 11) is 0. The summed E-state index contributed by atoms with van der Waals surface area (Å²) in [5.41, 5.74) is 1.09. The van der Waals surface area contributed by atoms with Crippen LogP contribution in [0.3, 0.4) is 0 Å². The second-order valence-corrected chi connectivity index (χ2v) is 6.83. The number of nitrogens with zero attached hydrogens (tertiary/aromatic N) is 2. The van der Waals surface area contributed by atoms with Gasteiger partial charge in [-0.1, -0.05) is 34.5 Å². The van der Waals surface area contributed by atoms with Gasteiger partial charge in [0.1, 0.15) is 5.69 Å². The molecule has 1 aliphatic rings. The number of hydrogen-bond acceptors (Lipinski definition) is 4. The first kappa shape index (κ1) is 16.6. The molecule has 0 unspecified atom stereocenters. The van der Waals surface area contributed by atoms with Crippen LogP contribution in [-0.4, -0.2) is 33.5 Å². The maximum absolute atomic E-state index is 12.2. The van der Waals surface area contributed by atoms with E-state index in [4.69, 9.17) is 5.11 Å². The van der Waals surface area contributed by atoms with Gasteiger partial charge >= 0.3 is 5.97 Å². The molecule has 3 rings (SSSR count).